The number of nitrogens with one attached hydrogen (secondary N) is 1. The minimum absolute atomic E-state index is 0.0728. The number of nitro groups is 1. The molecule has 0 aliphatic heterocycles. The van der Waals surface area contributed by atoms with Crippen LogP contribution in [0.2, 0.25) is 0 Å². The molecular weight excluding hydrogens is 251 g/mol. The van der Waals surface area contributed by atoms with Crippen molar-refractivity contribution in [3.8, 4) is 0 Å². The van der Waals surface area contributed by atoms with Gasteiger partial charge in [0, 0.05) is 31.3 Å². The second-order valence-corrected chi connectivity index (χ2v) is 4.69. The summed E-state index contributed by atoms with van der Waals surface area (Å²) in [7, 11) is 1.60. The van der Waals surface area contributed by atoms with Gasteiger partial charge in [-0.2, -0.15) is 4.39 Å². The Bertz CT molecular complexity index is 438. The molecule has 106 valence electrons. The summed E-state index contributed by atoms with van der Waals surface area (Å²) in [4.78, 5) is 9.93. The predicted octanol–water partition coefficient (Wildman–Crippen LogP) is 2.49. The molecule has 1 atom stereocenters. The summed E-state index contributed by atoms with van der Waals surface area (Å²) in [6.45, 7) is 4.80. The van der Waals surface area contributed by atoms with E-state index in [4.69, 9.17) is 4.74 Å². The minimum Gasteiger partial charge on any atom is -0.383 e. The molecule has 0 bridgehead atoms. The highest BCUT2D eigenvalue weighted by atomic mass is 19.1. The van der Waals surface area contributed by atoms with E-state index in [1.165, 1.54) is 6.07 Å². The monoisotopic (exact) mass is 270 g/mol. The van der Waals surface area contributed by atoms with Crippen LogP contribution in [-0.2, 0) is 11.3 Å². The second kappa shape index (κ2) is 7.16. The smallest absolute Gasteiger partial charge is 0.305 e. The van der Waals surface area contributed by atoms with Gasteiger partial charge in [-0.15, -0.1) is 0 Å². The van der Waals surface area contributed by atoms with E-state index in [0.29, 0.717) is 12.5 Å². The maximum absolute atomic E-state index is 13.8. The van der Waals surface area contributed by atoms with Gasteiger partial charge in [0.1, 0.15) is 0 Å². The molecule has 1 unspecified atom stereocenters. The second-order valence-electron chi connectivity index (χ2n) is 4.69. The lowest BCUT2D eigenvalue weighted by Gasteiger charge is -2.21. The van der Waals surface area contributed by atoms with Gasteiger partial charge in [-0.25, -0.2) is 0 Å². The van der Waals surface area contributed by atoms with Gasteiger partial charge in [0.2, 0.25) is 5.82 Å². The van der Waals surface area contributed by atoms with Gasteiger partial charge in [-0.1, -0.05) is 26.0 Å². The SMILES string of the molecule is COCC(NCc1cccc([N+](=O)[O-])c1F)C(C)C. The van der Waals surface area contributed by atoms with E-state index in [1.54, 1.807) is 13.2 Å². The lowest BCUT2D eigenvalue weighted by molar-refractivity contribution is -0.387. The number of rotatable bonds is 7. The number of methoxy groups -OCH3 is 1. The average Bonchev–Trinajstić information content (AvgIpc) is 2.35. The Hall–Kier alpha value is -1.53. The Morgan fingerprint density at radius 1 is 1.47 bits per heavy atom. The molecule has 0 fully saturated rings. The molecule has 0 aliphatic rings. The fourth-order valence-corrected chi connectivity index (χ4v) is 1.75. The van der Waals surface area contributed by atoms with E-state index in [-0.39, 0.29) is 18.2 Å². The Morgan fingerprint density at radius 2 is 2.16 bits per heavy atom. The molecule has 1 rings (SSSR count). The summed E-state index contributed by atoms with van der Waals surface area (Å²) in [5.41, 5.74) is -0.205. The van der Waals surface area contributed by atoms with E-state index in [1.807, 2.05) is 13.8 Å². The molecule has 0 radical (unpaired) electrons. The third-order valence-corrected chi connectivity index (χ3v) is 2.96. The molecule has 0 spiro atoms. The maximum atomic E-state index is 13.8. The molecule has 0 saturated carbocycles. The highest BCUT2D eigenvalue weighted by molar-refractivity contribution is 5.36. The molecule has 0 aromatic heterocycles. The first-order chi connectivity index (χ1) is 8.97. The topological polar surface area (TPSA) is 64.4 Å². The predicted molar refractivity (Wildman–Crippen MR) is 70.4 cm³/mol. The third kappa shape index (κ3) is 4.25. The zero-order valence-corrected chi connectivity index (χ0v) is 11.4. The van der Waals surface area contributed by atoms with E-state index >= 15 is 0 Å². The molecule has 5 nitrogen and oxygen atoms in total. The van der Waals surface area contributed by atoms with Crippen molar-refractivity contribution < 1.29 is 14.1 Å². The summed E-state index contributed by atoms with van der Waals surface area (Å²) in [6.07, 6.45) is 0. The Morgan fingerprint density at radius 3 is 2.68 bits per heavy atom. The van der Waals surface area contributed by atoms with Crippen LogP contribution in [0.1, 0.15) is 19.4 Å². The van der Waals surface area contributed by atoms with Gasteiger partial charge in [0.15, 0.2) is 0 Å². The first kappa shape index (κ1) is 15.5. The van der Waals surface area contributed by atoms with Crippen molar-refractivity contribution in [2.24, 2.45) is 5.92 Å². The number of hydrogen-bond donors (Lipinski definition) is 1. The van der Waals surface area contributed by atoms with E-state index in [2.05, 4.69) is 5.32 Å². The average molecular weight is 270 g/mol. The van der Waals surface area contributed by atoms with Crippen molar-refractivity contribution in [2.75, 3.05) is 13.7 Å². The zero-order chi connectivity index (χ0) is 14.4. The van der Waals surface area contributed by atoms with Crippen LogP contribution in [0.5, 0.6) is 0 Å². The van der Waals surface area contributed by atoms with Crippen LogP contribution in [0.4, 0.5) is 10.1 Å². The van der Waals surface area contributed by atoms with Crippen molar-refractivity contribution in [1.29, 1.82) is 0 Å². The summed E-state index contributed by atoms with van der Waals surface area (Å²) in [6, 6.07) is 4.26. The minimum atomic E-state index is -0.778. The summed E-state index contributed by atoms with van der Waals surface area (Å²) >= 11 is 0. The molecule has 0 aliphatic carbocycles. The number of hydrogen-bond acceptors (Lipinski definition) is 4. The fraction of sp³-hybridized carbons (Fsp3) is 0.538. The highest BCUT2D eigenvalue weighted by Gasteiger charge is 2.18. The fourth-order valence-electron chi connectivity index (χ4n) is 1.75. The van der Waals surface area contributed by atoms with Crippen LogP contribution in [-0.4, -0.2) is 24.7 Å². The van der Waals surface area contributed by atoms with Gasteiger partial charge >= 0.3 is 5.69 Å². The van der Waals surface area contributed by atoms with Gasteiger partial charge in [0.25, 0.3) is 0 Å². The zero-order valence-electron chi connectivity index (χ0n) is 11.4. The quantitative estimate of drug-likeness (QED) is 0.610. The molecule has 0 saturated heterocycles. The summed E-state index contributed by atoms with van der Waals surface area (Å²) in [5, 5.41) is 13.8. The summed E-state index contributed by atoms with van der Waals surface area (Å²) < 4.78 is 18.9. The molecule has 1 N–H and O–H groups in total. The van der Waals surface area contributed by atoms with Crippen LogP contribution >= 0.6 is 0 Å². The molecule has 1 aromatic rings. The van der Waals surface area contributed by atoms with Gasteiger partial charge in [0.05, 0.1) is 11.5 Å². The lowest BCUT2D eigenvalue weighted by atomic mass is 10.0. The van der Waals surface area contributed by atoms with E-state index in [0.717, 1.165) is 6.07 Å². The molecule has 6 heteroatoms. The molecule has 0 amide bonds. The van der Waals surface area contributed by atoms with E-state index in [9.17, 15) is 14.5 Å². The van der Waals surface area contributed by atoms with Crippen LogP contribution in [0.25, 0.3) is 0 Å². The van der Waals surface area contributed by atoms with Crippen LogP contribution < -0.4 is 5.32 Å². The number of ether oxygens (including phenoxy) is 1. The van der Waals surface area contributed by atoms with Crippen LogP contribution in [0.15, 0.2) is 18.2 Å². The maximum Gasteiger partial charge on any atom is 0.305 e. The number of benzene rings is 1. The Kier molecular flexibility index (Phi) is 5.85. The van der Waals surface area contributed by atoms with Gasteiger partial charge in [-0.05, 0) is 5.92 Å². The first-order valence-electron chi connectivity index (χ1n) is 6.11. The number of nitrogens with zero attached hydrogens (tertiary/aromatic N) is 1. The molecule has 0 heterocycles. The van der Waals surface area contributed by atoms with Crippen molar-refractivity contribution in [3.63, 3.8) is 0 Å². The largest absolute Gasteiger partial charge is 0.383 e. The van der Waals surface area contributed by atoms with Gasteiger partial charge < -0.3 is 10.1 Å². The molecular formula is C13H19FN2O3. The van der Waals surface area contributed by atoms with Crippen molar-refractivity contribution >= 4 is 5.69 Å². The Labute approximate surface area is 111 Å². The van der Waals surface area contributed by atoms with Crippen LogP contribution in [0, 0.1) is 21.8 Å². The van der Waals surface area contributed by atoms with Crippen molar-refractivity contribution in [1.82, 2.24) is 5.32 Å². The third-order valence-electron chi connectivity index (χ3n) is 2.96. The number of halogens is 1. The van der Waals surface area contributed by atoms with Gasteiger partial charge in [-0.3, -0.25) is 10.1 Å². The van der Waals surface area contributed by atoms with E-state index < -0.39 is 16.4 Å². The number of nitro benzene ring substituents is 1. The van der Waals surface area contributed by atoms with Crippen molar-refractivity contribution in [3.05, 3.63) is 39.7 Å². The van der Waals surface area contributed by atoms with Crippen LogP contribution in [0.3, 0.4) is 0 Å². The first-order valence-corrected chi connectivity index (χ1v) is 6.11. The van der Waals surface area contributed by atoms with Crippen molar-refractivity contribution in [2.45, 2.75) is 26.4 Å². The highest BCUT2D eigenvalue weighted by Crippen LogP contribution is 2.20. The normalized spacial score (nSPS) is 12.7. The summed E-state index contributed by atoms with van der Waals surface area (Å²) in [5.74, 6) is -0.457. The standard InChI is InChI=1S/C13H19FN2O3/c1-9(2)11(8-19-3)15-7-10-5-4-6-12(13(10)14)16(17)18/h4-6,9,11,15H,7-8H2,1-3H3. The molecule has 1 aromatic carbocycles. The molecule has 19 heavy (non-hydrogen) atoms. The Balaban J connectivity index is 2.77. The lowest BCUT2D eigenvalue weighted by Crippen LogP contribution is -2.37.